The number of nitrogens with zero attached hydrogens (tertiary/aromatic N) is 6. The SMILES string of the molecule is CC1(C)C(NC(=O)c2ccc(N3CCC(CN4Cc5cc6c(cc5C4)C(=O)N(C4CCC(=O)NC4=O)C6=O)CC3)nn2)C(C)(C)C1Oc1ccc(C#N)c(Cl)c1. The maximum absolute atomic E-state index is 13.4. The van der Waals surface area contributed by atoms with Crippen molar-refractivity contribution in [3.05, 3.63) is 81.0 Å². The molecule has 3 aromatic rings. The maximum atomic E-state index is 13.4. The Labute approximate surface area is 329 Å². The molecule has 5 amide bonds. The summed E-state index contributed by atoms with van der Waals surface area (Å²) in [5, 5.41) is 23.7. The van der Waals surface area contributed by atoms with Gasteiger partial charge in [0.2, 0.25) is 11.8 Å². The molecule has 1 aromatic heterocycles. The Morgan fingerprint density at radius 3 is 2.18 bits per heavy atom. The highest BCUT2D eigenvalue weighted by Crippen LogP contribution is 2.55. The number of piperidine rings is 2. The lowest BCUT2D eigenvalue weighted by molar-refractivity contribution is -0.164. The molecule has 1 aliphatic carbocycles. The molecule has 4 aliphatic heterocycles. The van der Waals surface area contributed by atoms with E-state index in [9.17, 15) is 29.2 Å². The molecule has 290 valence electrons. The van der Waals surface area contributed by atoms with Gasteiger partial charge >= 0.3 is 0 Å². The van der Waals surface area contributed by atoms with Crippen LogP contribution in [0.2, 0.25) is 5.02 Å². The van der Waals surface area contributed by atoms with Crippen molar-refractivity contribution in [1.82, 2.24) is 30.6 Å². The summed E-state index contributed by atoms with van der Waals surface area (Å²) in [4.78, 5) is 69.6. The topological polar surface area (TPSA) is 178 Å². The van der Waals surface area contributed by atoms with Gasteiger partial charge in [-0.1, -0.05) is 39.3 Å². The summed E-state index contributed by atoms with van der Waals surface area (Å²) in [5.41, 5.74) is 2.47. The number of fused-ring (bicyclic) bond motifs is 2. The van der Waals surface area contributed by atoms with E-state index in [0.29, 0.717) is 46.5 Å². The number of rotatable bonds is 8. The highest BCUT2D eigenvalue weighted by molar-refractivity contribution is 6.31. The Morgan fingerprint density at radius 2 is 1.61 bits per heavy atom. The van der Waals surface area contributed by atoms with E-state index in [1.54, 1.807) is 36.4 Å². The maximum Gasteiger partial charge on any atom is 0.272 e. The van der Waals surface area contributed by atoms with Gasteiger partial charge in [0.1, 0.15) is 24.0 Å². The molecule has 5 aliphatic rings. The lowest BCUT2D eigenvalue weighted by Crippen LogP contribution is -2.74. The van der Waals surface area contributed by atoms with Crippen LogP contribution in [0.25, 0.3) is 0 Å². The lowest BCUT2D eigenvalue weighted by Gasteiger charge is -2.63. The summed E-state index contributed by atoms with van der Waals surface area (Å²) in [5.74, 6) is -0.528. The first kappa shape index (κ1) is 37.5. The van der Waals surface area contributed by atoms with Crippen LogP contribution in [0.1, 0.15) is 101 Å². The van der Waals surface area contributed by atoms with Crippen LogP contribution >= 0.6 is 11.6 Å². The van der Waals surface area contributed by atoms with Crippen LogP contribution < -0.4 is 20.3 Å². The summed E-state index contributed by atoms with van der Waals surface area (Å²) >= 11 is 6.23. The number of benzene rings is 2. The van der Waals surface area contributed by atoms with Gasteiger partial charge in [-0.25, -0.2) is 0 Å². The third-order valence-corrected chi connectivity index (χ3v) is 12.6. The fourth-order valence-corrected chi connectivity index (χ4v) is 9.91. The fraction of sp³-hybridized carbons (Fsp3) is 0.463. The zero-order chi connectivity index (χ0) is 39.7. The van der Waals surface area contributed by atoms with E-state index >= 15 is 0 Å². The molecular weight excluding hydrogens is 736 g/mol. The van der Waals surface area contributed by atoms with Crippen LogP contribution in [0.3, 0.4) is 0 Å². The Bertz CT molecular complexity index is 2150. The molecule has 1 saturated carbocycles. The van der Waals surface area contributed by atoms with Crippen LogP contribution in [0.5, 0.6) is 5.75 Å². The minimum absolute atomic E-state index is 0.0871. The van der Waals surface area contributed by atoms with Gasteiger partial charge in [-0.3, -0.25) is 39.1 Å². The predicted octanol–water partition coefficient (Wildman–Crippen LogP) is 4.25. The van der Waals surface area contributed by atoms with E-state index in [0.717, 1.165) is 54.3 Å². The normalized spacial score (nSPS) is 24.2. The summed E-state index contributed by atoms with van der Waals surface area (Å²) < 4.78 is 6.35. The molecule has 8 rings (SSSR count). The Hall–Kier alpha value is -5.39. The summed E-state index contributed by atoms with van der Waals surface area (Å²) in [6.07, 6.45) is 1.90. The Balaban J connectivity index is 0.822. The van der Waals surface area contributed by atoms with Gasteiger partial charge < -0.3 is 15.0 Å². The molecule has 0 radical (unpaired) electrons. The number of nitrogens with one attached hydrogen (secondary N) is 2. The van der Waals surface area contributed by atoms with Crippen molar-refractivity contribution in [2.75, 3.05) is 24.5 Å². The number of ether oxygens (including phenoxy) is 1. The molecule has 2 N–H and O–H groups in total. The van der Waals surface area contributed by atoms with Crippen molar-refractivity contribution in [2.45, 2.75) is 84.7 Å². The average Bonchev–Trinajstić information content (AvgIpc) is 3.67. The smallest absolute Gasteiger partial charge is 0.272 e. The number of hydrogen-bond donors (Lipinski definition) is 2. The van der Waals surface area contributed by atoms with Crippen molar-refractivity contribution >= 4 is 47.0 Å². The van der Waals surface area contributed by atoms with E-state index < -0.39 is 40.5 Å². The van der Waals surface area contributed by atoms with Crippen molar-refractivity contribution in [3.8, 4) is 11.8 Å². The highest BCUT2D eigenvalue weighted by atomic mass is 35.5. The Kier molecular flexibility index (Phi) is 9.36. The van der Waals surface area contributed by atoms with Gasteiger partial charge in [-0.15, -0.1) is 10.2 Å². The number of anilines is 1. The van der Waals surface area contributed by atoms with Crippen LogP contribution in [0, 0.1) is 28.1 Å². The minimum atomic E-state index is -0.975. The molecule has 3 fully saturated rings. The largest absolute Gasteiger partial charge is 0.489 e. The van der Waals surface area contributed by atoms with Crippen LogP contribution in [-0.2, 0) is 22.7 Å². The van der Waals surface area contributed by atoms with E-state index in [-0.39, 0.29) is 36.6 Å². The number of nitriles is 1. The van der Waals surface area contributed by atoms with Gasteiger partial charge in [0.15, 0.2) is 11.5 Å². The number of halogens is 1. The second-order valence-electron chi connectivity index (χ2n) is 16.8. The zero-order valence-electron chi connectivity index (χ0n) is 31.7. The molecule has 15 heteroatoms. The second kappa shape index (κ2) is 14.0. The van der Waals surface area contributed by atoms with E-state index in [1.807, 2.05) is 6.07 Å². The van der Waals surface area contributed by atoms with E-state index in [2.05, 4.69) is 64.4 Å². The molecule has 14 nitrogen and oxygen atoms in total. The van der Waals surface area contributed by atoms with Crippen LogP contribution in [0.15, 0.2) is 42.5 Å². The molecule has 2 aromatic carbocycles. The Morgan fingerprint density at radius 1 is 0.946 bits per heavy atom. The lowest BCUT2D eigenvalue weighted by atomic mass is 9.49. The van der Waals surface area contributed by atoms with Crippen molar-refractivity contribution < 1.29 is 28.7 Å². The monoisotopic (exact) mass is 778 g/mol. The number of carbonyl (C=O) groups is 5. The highest BCUT2D eigenvalue weighted by Gasteiger charge is 2.64. The first-order chi connectivity index (χ1) is 26.6. The van der Waals surface area contributed by atoms with Gasteiger partial charge in [0, 0.05) is 62.1 Å². The second-order valence-corrected chi connectivity index (χ2v) is 17.2. The third-order valence-electron chi connectivity index (χ3n) is 12.3. The van der Waals surface area contributed by atoms with Crippen molar-refractivity contribution in [1.29, 1.82) is 5.26 Å². The summed E-state index contributed by atoms with van der Waals surface area (Å²) in [6, 6.07) is 13.1. The molecular formula is C41H43ClN8O6. The molecule has 2 saturated heterocycles. The standard InChI is InChI=1S/C41H43ClN8O6/c1-40(2)38(41(3,4)39(40)56-26-6-5-23(18-43)29(42)17-26)45-34(52)30-7-9-32(47-46-30)49-13-11-22(12-14-49)19-48-20-24-15-27-28(16-25(24)21-48)37(55)50(36(27)54)31-8-10-33(51)44-35(31)53/h5-7,9,15-17,22,31,38-39H,8,10-14,19-21H2,1-4H3,(H,45,52)(H,44,51,53). The molecule has 1 unspecified atom stereocenters. The zero-order valence-corrected chi connectivity index (χ0v) is 32.5. The molecule has 0 spiro atoms. The molecule has 56 heavy (non-hydrogen) atoms. The number of amides is 5. The number of imide groups is 2. The average molecular weight is 779 g/mol. The van der Waals surface area contributed by atoms with Crippen molar-refractivity contribution in [2.24, 2.45) is 16.7 Å². The minimum Gasteiger partial charge on any atom is -0.489 e. The van der Waals surface area contributed by atoms with Gasteiger partial charge in [0.05, 0.1) is 21.7 Å². The quantitative estimate of drug-likeness (QED) is 0.313. The number of hydrogen-bond acceptors (Lipinski definition) is 11. The molecule has 5 heterocycles. The van der Waals surface area contributed by atoms with Gasteiger partial charge in [-0.05, 0) is 72.7 Å². The number of carbonyl (C=O) groups excluding carboxylic acids is 5. The first-order valence-corrected chi connectivity index (χ1v) is 19.4. The molecule has 1 atom stereocenters. The van der Waals surface area contributed by atoms with Crippen molar-refractivity contribution in [3.63, 3.8) is 0 Å². The summed E-state index contributed by atoms with van der Waals surface area (Å²) in [6.45, 7) is 12.0. The van der Waals surface area contributed by atoms with E-state index in [4.69, 9.17) is 16.3 Å². The summed E-state index contributed by atoms with van der Waals surface area (Å²) in [7, 11) is 0. The van der Waals surface area contributed by atoms with Crippen LogP contribution in [-0.4, -0.2) is 87.4 Å². The molecule has 0 bridgehead atoms. The van der Waals surface area contributed by atoms with E-state index in [1.165, 1.54) is 0 Å². The van der Waals surface area contributed by atoms with Gasteiger partial charge in [-0.2, -0.15) is 5.26 Å². The van der Waals surface area contributed by atoms with Crippen LogP contribution in [0.4, 0.5) is 5.82 Å². The number of aromatic nitrogens is 2. The van der Waals surface area contributed by atoms with Gasteiger partial charge in [0.25, 0.3) is 17.7 Å². The first-order valence-electron chi connectivity index (χ1n) is 19.0. The third kappa shape index (κ3) is 6.46. The predicted molar refractivity (Wildman–Crippen MR) is 204 cm³/mol. The fourth-order valence-electron chi connectivity index (χ4n) is 9.69.